The molecule has 0 fully saturated rings. The number of benzene rings is 1. The molecule has 100 valence electrons. The second-order valence-electron chi connectivity index (χ2n) is 5.06. The zero-order valence-electron chi connectivity index (χ0n) is 10.8. The maximum Gasteiger partial charge on any atom is 0.231 e. The van der Waals surface area contributed by atoms with Crippen molar-refractivity contribution in [3.05, 3.63) is 46.2 Å². The van der Waals surface area contributed by atoms with Crippen molar-refractivity contribution in [1.82, 2.24) is 0 Å². The average molecular weight is 276 g/mol. The van der Waals surface area contributed by atoms with Gasteiger partial charge in [0.05, 0.1) is 6.61 Å². The van der Waals surface area contributed by atoms with Crippen molar-refractivity contribution in [2.24, 2.45) is 0 Å². The van der Waals surface area contributed by atoms with Gasteiger partial charge < -0.3 is 14.6 Å². The van der Waals surface area contributed by atoms with Gasteiger partial charge in [-0.3, -0.25) is 0 Å². The smallest absolute Gasteiger partial charge is 0.231 e. The summed E-state index contributed by atoms with van der Waals surface area (Å²) in [5, 5.41) is 11.8. The Morgan fingerprint density at radius 2 is 2.11 bits per heavy atom. The van der Waals surface area contributed by atoms with Gasteiger partial charge in [-0.2, -0.15) is 0 Å². The summed E-state index contributed by atoms with van der Waals surface area (Å²) in [7, 11) is 0. The Morgan fingerprint density at radius 3 is 2.84 bits per heavy atom. The number of thiophene rings is 1. The molecule has 1 aromatic heterocycles. The molecule has 0 saturated heterocycles. The minimum atomic E-state index is -0.248. The molecule has 3 nitrogen and oxygen atoms in total. The molecular weight excluding hydrogens is 260 g/mol. The van der Waals surface area contributed by atoms with Crippen LogP contribution in [0.15, 0.2) is 35.7 Å². The summed E-state index contributed by atoms with van der Waals surface area (Å²) in [5.74, 6) is 1.59. The molecule has 1 atom stereocenters. The van der Waals surface area contributed by atoms with E-state index in [0.717, 1.165) is 23.5 Å². The number of aliphatic hydroxyl groups is 1. The lowest BCUT2D eigenvalue weighted by molar-refractivity contribution is 0.174. The van der Waals surface area contributed by atoms with Gasteiger partial charge in [-0.25, -0.2) is 0 Å². The van der Waals surface area contributed by atoms with E-state index in [4.69, 9.17) is 9.47 Å². The standard InChI is InChI=1S/C15H16O3S/c1-15(9-16,14-3-2-6-19-14)8-11-4-5-12-13(7-11)18-10-17-12/h2-7,16H,8-10H2,1H3. The number of ether oxygens (including phenoxy) is 2. The van der Waals surface area contributed by atoms with E-state index in [0.29, 0.717) is 6.79 Å². The Balaban J connectivity index is 1.87. The van der Waals surface area contributed by atoms with Gasteiger partial charge in [-0.1, -0.05) is 19.1 Å². The summed E-state index contributed by atoms with van der Waals surface area (Å²) in [5.41, 5.74) is 0.899. The summed E-state index contributed by atoms with van der Waals surface area (Å²) in [6, 6.07) is 10.1. The molecule has 1 aliphatic heterocycles. The minimum Gasteiger partial charge on any atom is -0.454 e. The van der Waals surface area contributed by atoms with E-state index in [1.807, 2.05) is 29.6 Å². The van der Waals surface area contributed by atoms with Crippen molar-refractivity contribution in [1.29, 1.82) is 0 Å². The number of aliphatic hydroxyl groups excluding tert-OH is 1. The molecule has 1 unspecified atom stereocenters. The normalized spacial score (nSPS) is 16.3. The summed E-state index contributed by atoms with van der Waals surface area (Å²) in [6.45, 7) is 2.51. The highest BCUT2D eigenvalue weighted by molar-refractivity contribution is 7.10. The van der Waals surface area contributed by atoms with Gasteiger partial charge in [0.2, 0.25) is 6.79 Å². The molecule has 2 aromatic rings. The van der Waals surface area contributed by atoms with Crippen LogP contribution in [-0.4, -0.2) is 18.5 Å². The molecule has 0 bridgehead atoms. The van der Waals surface area contributed by atoms with Gasteiger partial charge >= 0.3 is 0 Å². The molecule has 0 amide bonds. The molecule has 1 aromatic carbocycles. The molecule has 4 heteroatoms. The number of hydrogen-bond donors (Lipinski definition) is 1. The van der Waals surface area contributed by atoms with Crippen LogP contribution in [0.5, 0.6) is 11.5 Å². The van der Waals surface area contributed by atoms with E-state index in [2.05, 4.69) is 13.0 Å². The van der Waals surface area contributed by atoms with Gasteiger partial charge in [0.15, 0.2) is 11.5 Å². The van der Waals surface area contributed by atoms with E-state index in [1.165, 1.54) is 4.88 Å². The van der Waals surface area contributed by atoms with E-state index in [1.54, 1.807) is 11.3 Å². The van der Waals surface area contributed by atoms with Crippen LogP contribution in [0.25, 0.3) is 0 Å². The number of hydrogen-bond acceptors (Lipinski definition) is 4. The largest absolute Gasteiger partial charge is 0.454 e. The fourth-order valence-electron chi connectivity index (χ4n) is 2.34. The molecule has 1 N–H and O–H groups in total. The highest BCUT2D eigenvalue weighted by atomic mass is 32.1. The molecule has 2 heterocycles. The first kappa shape index (κ1) is 12.5. The fraction of sp³-hybridized carbons (Fsp3) is 0.333. The molecule has 0 radical (unpaired) electrons. The van der Waals surface area contributed by atoms with Crippen LogP contribution in [-0.2, 0) is 11.8 Å². The summed E-state index contributed by atoms with van der Waals surface area (Å²) >= 11 is 1.68. The molecular formula is C15H16O3S. The Hall–Kier alpha value is -1.52. The van der Waals surface area contributed by atoms with Crippen molar-refractivity contribution >= 4 is 11.3 Å². The maximum absolute atomic E-state index is 9.76. The van der Waals surface area contributed by atoms with Gasteiger partial charge in [0.1, 0.15) is 0 Å². The third-order valence-electron chi connectivity index (χ3n) is 3.50. The van der Waals surface area contributed by atoms with Crippen LogP contribution in [0.1, 0.15) is 17.4 Å². The topological polar surface area (TPSA) is 38.7 Å². The van der Waals surface area contributed by atoms with E-state index in [9.17, 15) is 5.11 Å². The van der Waals surface area contributed by atoms with E-state index < -0.39 is 0 Å². The van der Waals surface area contributed by atoms with Crippen LogP contribution in [0.4, 0.5) is 0 Å². The van der Waals surface area contributed by atoms with Crippen molar-refractivity contribution < 1.29 is 14.6 Å². The molecule has 19 heavy (non-hydrogen) atoms. The molecule has 0 aliphatic carbocycles. The Labute approximate surface area is 116 Å². The second-order valence-corrected chi connectivity index (χ2v) is 6.01. The SMILES string of the molecule is CC(CO)(Cc1ccc2c(c1)OCO2)c1cccs1. The summed E-state index contributed by atoms with van der Waals surface area (Å²) < 4.78 is 10.7. The van der Waals surface area contributed by atoms with Crippen molar-refractivity contribution in [2.75, 3.05) is 13.4 Å². The highest BCUT2D eigenvalue weighted by Crippen LogP contribution is 2.36. The summed E-state index contributed by atoms with van der Waals surface area (Å²) in [6.07, 6.45) is 0.778. The van der Waals surface area contributed by atoms with Crippen LogP contribution in [0.2, 0.25) is 0 Å². The fourth-order valence-corrected chi connectivity index (χ4v) is 3.23. The monoisotopic (exact) mass is 276 g/mol. The van der Waals surface area contributed by atoms with Gasteiger partial charge in [-0.15, -0.1) is 11.3 Å². The van der Waals surface area contributed by atoms with Crippen LogP contribution >= 0.6 is 11.3 Å². The Kier molecular flexibility index (Phi) is 3.21. The lowest BCUT2D eigenvalue weighted by Crippen LogP contribution is -2.28. The first-order valence-corrected chi connectivity index (χ1v) is 7.13. The maximum atomic E-state index is 9.76. The first-order valence-electron chi connectivity index (χ1n) is 6.25. The lowest BCUT2D eigenvalue weighted by atomic mass is 9.83. The van der Waals surface area contributed by atoms with Crippen LogP contribution in [0.3, 0.4) is 0 Å². The molecule has 0 saturated carbocycles. The third kappa shape index (κ3) is 2.33. The number of fused-ring (bicyclic) bond motifs is 1. The zero-order valence-corrected chi connectivity index (χ0v) is 11.6. The second kappa shape index (κ2) is 4.87. The molecule has 3 rings (SSSR count). The van der Waals surface area contributed by atoms with Crippen molar-refractivity contribution in [3.8, 4) is 11.5 Å². The predicted octanol–water partition coefficient (Wildman–Crippen LogP) is 2.97. The zero-order chi connectivity index (χ0) is 13.3. The van der Waals surface area contributed by atoms with Crippen LogP contribution < -0.4 is 9.47 Å². The predicted molar refractivity (Wildman–Crippen MR) is 75.0 cm³/mol. The van der Waals surface area contributed by atoms with E-state index >= 15 is 0 Å². The molecule has 0 spiro atoms. The van der Waals surface area contributed by atoms with Gasteiger partial charge in [-0.05, 0) is 35.6 Å². The van der Waals surface area contributed by atoms with E-state index in [-0.39, 0.29) is 12.0 Å². The quantitative estimate of drug-likeness (QED) is 0.933. The van der Waals surface area contributed by atoms with Gasteiger partial charge in [0.25, 0.3) is 0 Å². The van der Waals surface area contributed by atoms with Gasteiger partial charge in [0, 0.05) is 10.3 Å². The summed E-state index contributed by atoms with van der Waals surface area (Å²) in [4.78, 5) is 1.20. The Morgan fingerprint density at radius 1 is 1.26 bits per heavy atom. The number of rotatable bonds is 4. The first-order chi connectivity index (χ1) is 9.21. The third-order valence-corrected chi connectivity index (χ3v) is 4.67. The Bertz CT molecular complexity index is 565. The minimum absolute atomic E-state index is 0.127. The lowest BCUT2D eigenvalue weighted by Gasteiger charge is -2.26. The van der Waals surface area contributed by atoms with Crippen LogP contribution in [0, 0.1) is 0 Å². The van der Waals surface area contributed by atoms with Crippen molar-refractivity contribution in [2.45, 2.75) is 18.8 Å². The molecule has 1 aliphatic rings. The van der Waals surface area contributed by atoms with Crippen molar-refractivity contribution in [3.63, 3.8) is 0 Å². The average Bonchev–Trinajstić information content (AvgIpc) is 3.09. The highest BCUT2D eigenvalue weighted by Gasteiger charge is 2.28.